The summed E-state index contributed by atoms with van der Waals surface area (Å²) in [5.74, 6) is -4.14. The van der Waals surface area contributed by atoms with Crippen molar-refractivity contribution >= 4 is 31.6 Å². The molecule has 0 radical (unpaired) electrons. The number of nitrogens with zero attached hydrogens (tertiary/aromatic N) is 1. The molecule has 3 unspecified atom stereocenters. The van der Waals surface area contributed by atoms with Crippen molar-refractivity contribution in [3.8, 4) is 0 Å². The third-order valence-corrected chi connectivity index (χ3v) is 9.34. The highest BCUT2D eigenvalue weighted by atomic mass is 31.2. The molecule has 1 aromatic carbocycles. The van der Waals surface area contributed by atoms with E-state index in [1.807, 2.05) is 0 Å². The number of halogens is 2. The lowest BCUT2D eigenvalue weighted by Gasteiger charge is -2.46. The number of amides is 1. The first kappa shape index (κ1) is 42.3. The second-order valence-corrected chi connectivity index (χ2v) is 14.5. The van der Waals surface area contributed by atoms with Crippen LogP contribution in [-0.4, -0.2) is 110 Å². The number of carbonyl (C=O) groups excluding carboxylic acids is 4. The second-order valence-electron chi connectivity index (χ2n) is 12.3. The van der Waals surface area contributed by atoms with E-state index in [0.717, 1.165) is 18.3 Å². The Hall–Kier alpha value is -4.13. The normalized spacial score (nSPS) is 20.4. The van der Waals surface area contributed by atoms with Gasteiger partial charge in [-0.05, 0) is 40.7 Å². The van der Waals surface area contributed by atoms with Gasteiger partial charge in [-0.15, -0.1) is 0 Å². The fourth-order valence-corrected chi connectivity index (χ4v) is 6.03. The minimum atomic E-state index is -4.20. The van der Waals surface area contributed by atoms with Gasteiger partial charge in [0, 0.05) is 31.5 Å². The summed E-state index contributed by atoms with van der Waals surface area (Å²) in [5.41, 5.74) is -2.22. The number of piperidine rings is 1. The van der Waals surface area contributed by atoms with E-state index in [9.17, 15) is 42.7 Å². The Morgan fingerprint density at radius 2 is 1.65 bits per heavy atom. The highest BCUT2D eigenvalue weighted by Crippen LogP contribution is 2.48. The zero-order valence-electron chi connectivity index (χ0n) is 29.4. The number of benzene rings is 1. The number of Topliss-reactive ketones (excluding diaryl/α,β-unsaturated/α-hetero) is 1. The molecule has 0 aliphatic carbocycles. The third kappa shape index (κ3) is 11.2. The number of ether oxygens (including phenoxy) is 6. The molecule has 52 heavy (non-hydrogen) atoms. The zero-order chi connectivity index (χ0) is 38.8. The van der Waals surface area contributed by atoms with Gasteiger partial charge in [-0.1, -0.05) is 6.07 Å². The standard InChI is InChI=1S/C32H43F2N2O15P/c1-18(2)50-30(41)46-16-48-52(43,49-17-47-31(42)51-19(3)4)10-9-45-15-32(5)24(44-6)14-36-13-22(26(37)27(38)25(36)28(32)39)29(40)35-12-20-7-8-21(33)11-23(20)34/h7-8,11,13,18-19,24,26,37-38H,9-10,12,14-17H2,1-6H3,(H,35,40). The summed E-state index contributed by atoms with van der Waals surface area (Å²) in [7, 11) is -2.88. The number of rotatable bonds is 17. The average molecular weight is 765 g/mol. The maximum Gasteiger partial charge on any atom is 0.510 e. The van der Waals surface area contributed by atoms with Gasteiger partial charge in [-0.25, -0.2) is 18.4 Å². The van der Waals surface area contributed by atoms with Gasteiger partial charge in [0.25, 0.3) is 5.91 Å². The molecule has 1 amide bonds. The predicted molar refractivity (Wildman–Crippen MR) is 173 cm³/mol. The Labute approximate surface area is 298 Å². The molecule has 3 rings (SSSR count). The first-order valence-corrected chi connectivity index (χ1v) is 17.7. The summed E-state index contributed by atoms with van der Waals surface area (Å²) >= 11 is 0. The maximum absolute atomic E-state index is 14.1. The fraction of sp³-hybridized carbons (Fsp3) is 0.562. The number of nitrogens with one attached hydrogen (secondary N) is 1. The number of allylic oxidation sites excluding steroid dienone is 1. The second kappa shape index (κ2) is 18.6. The SMILES string of the molecule is COC1CN2C=C(C(=O)NCc3ccc(F)cc3F)C(O)C(O)=C2C(=O)C1(C)COCCP(=O)(OCOC(=O)OC(C)C)OCOC(=O)OC(C)C. The van der Waals surface area contributed by atoms with Crippen LogP contribution < -0.4 is 5.32 Å². The molecular formula is C32H43F2N2O15P. The van der Waals surface area contributed by atoms with E-state index in [2.05, 4.69) is 5.32 Å². The van der Waals surface area contributed by atoms with E-state index in [0.29, 0.717) is 6.07 Å². The quantitative estimate of drug-likeness (QED) is 0.0890. The van der Waals surface area contributed by atoms with Crippen molar-refractivity contribution in [3.05, 3.63) is 58.6 Å². The third-order valence-electron chi connectivity index (χ3n) is 7.61. The van der Waals surface area contributed by atoms with Crippen molar-refractivity contribution in [2.75, 3.05) is 46.6 Å². The smallest absolute Gasteiger partial charge is 0.507 e. The van der Waals surface area contributed by atoms with E-state index >= 15 is 0 Å². The van der Waals surface area contributed by atoms with Gasteiger partial charge in [0.1, 0.15) is 23.4 Å². The summed E-state index contributed by atoms with van der Waals surface area (Å²) in [6.45, 7) is 4.86. The van der Waals surface area contributed by atoms with Crippen LogP contribution in [0, 0.1) is 17.0 Å². The van der Waals surface area contributed by atoms with Gasteiger partial charge >= 0.3 is 19.9 Å². The van der Waals surface area contributed by atoms with Crippen LogP contribution in [0.25, 0.3) is 0 Å². The first-order chi connectivity index (χ1) is 24.4. The number of aliphatic hydroxyl groups is 2. The molecule has 2 aliphatic heterocycles. The summed E-state index contributed by atoms with van der Waals surface area (Å²) in [6, 6.07) is 2.80. The van der Waals surface area contributed by atoms with Crippen LogP contribution in [0.1, 0.15) is 40.2 Å². The molecule has 0 saturated carbocycles. The van der Waals surface area contributed by atoms with Gasteiger partial charge in [-0.2, -0.15) is 0 Å². The van der Waals surface area contributed by atoms with Crippen molar-refractivity contribution in [1.82, 2.24) is 10.2 Å². The van der Waals surface area contributed by atoms with Crippen LogP contribution in [0.5, 0.6) is 0 Å². The van der Waals surface area contributed by atoms with Crippen LogP contribution in [0.3, 0.4) is 0 Å². The summed E-state index contributed by atoms with van der Waals surface area (Å²) in [4.78, 5) is 51.4. The number of carbonyl (C=O) groups is 4. The lowest BCUT2D eigenvalue weighted by atomic mass is 9.74. The number of fused-ring (bicyclic) bond motifs is 1. The monoisotopic (exact) mass is 764 g/mol. The molecule has 1 aromatic rings. The van der Waals surface area contributed by atoms with Crippen LogP contribution in [0.2, 0.25) is 0 Å². The van der Waals surface area contributed by atoms with Crippen molar-refractivity contribution in [2.45, 2.75) is 65.6 Å². The Bertz CT molecular complexity index is 1550. The van der Waals surface area contributed by atoms with Crippen molar-refractivity contribution in [1.29, 1.82) is 0 Å². The highest BCUT2D eigenvalue weighted by molar-refractivity contribution is 7.53. The zero-order valence-corrected chi connectivity index (χ0v) is 30.3. The molecule has 2 heterocycles. The highest BCUT2D eigenvalue weighted by Gasteiger charge is 2.52. The van der Waals surface area contributed by atoms with Gasteiger partial charge in [0.15, 0.2) is 11.5 Å². The molecule has 1 saturated heterocycles. The van der Waals surface area contributed by atoms with Crippen LogP contribution in [0.4, 0.5) is 18.4 Å². The van der Waals surface area contributed by atoms with Crippen LogP contribution >= 0.6 is 7.60 Å². The summed E-state index contributed by atoms with van der Waals surface area (Å²) in [5, 5.41) is 24.1. The maximum atomic E-state index is 14.1. The van der Waals surface area contributed by atoms with E-state index in [4.69, 9.17) is 37.5 Å². The van der Waals surface area contributed by atoms with E-state index < -0.39 is 98.6 Å². The fourth-order valence-electron chi connectivity index (χ4n) is 4.92. The Balaban J connectivity index is 1.67. The molecule has 0 aromatic heterocycles. The summed E-state index contributed by atoms with van der Waals surface area (Å²) in [6.07, 6.45) is -5.40. The predicted octanol–water partition coefficient (Wildman–Crippen LogP) is 3.80. The largest absolute Gasteiger partial charge is 0.510 e. The number of hydrogen-bond acceptors (Lipinski definition) is 16. The topological polar surface area (TPSA) is 215 Å². The number of methoxy groups -OCH3 is 1. The molecule has 0 spiro atoms. The molecule has 290 valence electrons. The molecular weight excluding hydrogens is 721 g/mol. The lowest BCUT2D eigenvalue weighted by molar-refractivity contribution is -0.147. The number of ketones is 1. The average Bonchev–Trinajstić information content (AvgIpc) is 3.05. The van der Waals surface area contributed by atoms with Crippen LogP contribution in [0.15, 0.2) is 41.4 Å². The molecule has 2 aliphatic rings. The van der Waals surface area contributed by atoms with E-state index in [-0.39, 0.29) is 43.1 Å². The van der Waals surface area contributed by atoms with Gasteiger partial charge in [-0.3, -0.25) is 23.2 Å². The van der Waals surface area contributed by atoms with Gasteiger partial charge in [0.2, 0.25) is 13.6 Å². The van der Waals surface area contributed by atoms with Crippen molar-refractivity contribution in [2.24, 2.45) is 5.41 Å². The molecule has 3 atom stereocenters. The molecule has 3 N–H and O–H groups in total. The minimum absolute atomic E-state index is 0.0294. The Kier molecular flexibility index (Phi) is 15.1. The van der Waals surface area contributed by atoms with Crippen molar-refractivity contribution in [3.63, 3.8) is 0 Å². The summed E-state index contributed by atoms with van der Waals surface area (Å²) < 4.78 is 81.4. The molecule has 20 heteroatoms. The van der Waals surface area contributed by atoms with Gasteiger partial charge < -0.3 is 48.9 Å². The van der Waals surface area contributed by atoms with E-state index in [1.54, 1.807) is 27.7 Å². The van der Waals surface area contributed by atoms with Crippen LogP contribution in [-0.2, 0) is 58.2 Å². The Morgan fingerprint density at radius 1 is 1.06 bits per heavy atom. The van der Waals surface area contributed by atoms with Crippen molar-refractivity contribution < 1.29 is 80.2 Å². The van der Waals surface area contributed by atoms with Gasteiger partial charge in [0.05, 0.1) is 55.2 Å². The number of hydrogen-bond donors (Lipinski definition) is 3. The lowest BCUT2D eigenvalue weighted by Crippen LogP contribution is -2.58. The minimum Gasteiger partial charge on any atom is -0.507 e. The molecule has 0 bridgehead atoms. The number of aliphatic hydroxyl groups excluding tert-OH is 2. The van der Waals surface area contributed by atoms with E-state index in [1.165, 1.54) is 18.9 Å². The first-order valence-electron chi connectivity index (χ1n) is 15.9. The molecule has 1 fully saturated rings. The molecule has 17 nitrogen and oxygen atoms in total. The Morgan fingerprint density at radius 3 is 2.19 bits per heavy atom.